The quantitative estimate of drug-likeness (QED) is 0.603. The number of piperazine rings is 1. The van der Waals surface area contributed by atoms with Gasteiger partial charge in [-0.1, -0.05) is 12.1 Å². The molecule has 0 spiro atoms. The molecule has 1 fully saturated rings. The number of nitro groups is 1. The molecule has 10 heteroatoms. The number of nitrogens with zero attached hydrogens (tertiary/aromatic N) is 3. The second-order valence-electron chi connectivity index (χ2n) is 4.76. The number of halogens is 1. The molecule has 0 amide bonds. The van der Waals surface area contributed by atoms with Crippen LogP contribution in [-0.4, -0.2) is 61.8 Å². The van der Waals surface area contributed by atoms with E-state index in [2.05, 4.69) is 4.90 Å². The van der Waals surface area contributed by atoms with Crippen molar-refractivity contribution in [3.8, 4) is 0 Å². The molecular weight excluding hydrogens is 332 g/mol. The molecule has 1 aliphatic heterocycles. The number of hydrogen-bond donors (Lipinski definition) is 1. The van der Waals surface area contributed by atoms with Gasteiger partial charge < -0.3 is 5.73 Å². The van der Waals surface area contributed by atoms with Crippen molar-refractivity contribution in [1.29, 1.82) is 0 Å². The molecule has 0 radical (unpaired) electrons. The summed E-state index contributed by atoms with van der Waals surface area (Å²) in [6.45, 7) is 3.03. The van der Waals surface area contributed by atoms with E-state index in [0.29, 0.717) is 32.7 Å². The van der Waals surface area contributed by atoms with E-state index in [4.69, 9.17) is 5.73 Å². The third kappa shape index (κ3) is 3.93. The summed E-state index contributed by atoms with van der Waals surface area (Å²) in [5.74, 6) is 0. The Kier molecular flexibility index (Phi) is 6.69. The molecule has 1 aromatic carbocycles. The van der Waals surface area contributed by atoms with Crippen molar-refractivity contribution in [2.75, 3.05) is 39.3 Å². The average Bonchev–Trinajstić information content (AvgIpc) is 2.48. The fourth-order valence-corrected chi connectivity index (χ4v) is 3.92. The lowest BCUT2D eigenvalue weighted by Crippen LogP contribution is -2.49. The fourth-order valence-electron chi connectivity index (χ4n) is 2.34. The van der Waals surface area contributed by atoms with Crippen molar-refractivity contribution < 1.29 is 13.3 Å². The number of sulfonamides is 1. The second kappa shape index (κ2) is 7.84. The Morgan fingerprint density at radius 2 is 1.77 bits per heavy atom. The first-order valence-corrected chi connectivity index (χ1v) is 8.07. The highest BCUT2D eigenvalue weighted by atomic mass is 35.5. The van der Waals surface area contributed by atoms with Crippen molar-refractivity contribution in [1.82, 2.24) is 9.21 Å². The van der Waals surface area contributed by atoms with Crippen LogP contribution in [0.5, 0.6) is 0 Å². The van der Waals surface area contributed by atoms with Crippen LogP contribution in [-0.2, 0) is 10.0 Å². The first-order valence-electron chi connectivity index (χ1n) is 6.63. The first kappa shape index (κ1) is 18.8. The van der Waals surface area contributed by atoms with Crippen LogP contribution >= 0.6 is 12.4 Å². The van der Waals surface area contributed by atoms with E-state index >= 15 is 0 Å². The summed E-state index contributed by atoms with van der Waals surface area (Å²) < 4.78 is 26.4. The van der Waals surface area contributed by atoms with Gasteiger partial charge in [0, 0.05) is 45.3 Å². The summed E-state index contributed by atoms with van der Waals surface area (Å²) in [5.41, 5.74) is 5.09. The number of rotatable bonds is 5. The Bertz CT molecular complexity index is 617. The minimum Gasteiger partial charge on any atom is -0.329 e. The predicted molar refractivity (Wildman–Crippen MR) is 84.6 cm³/mol. The molecule has 8 nitrogen and oxygen atoms in total. The summed E-state index contributed by atoms with van der Waals surface area (Å²) in [6.07, 6.45) is 0. The lowest BCUT2D eigenvalue weighted by atomic mass is 10.3. The molecule has 0 aromatic heterocycles. The number of benzene rings is 1. The number of para-hydroxylation sites is 1. The third-order valence-electron chi connectivity index (χ3n) is 3.46. The fraction of sp³-hybridized carbons (Fsp3) is 0.500. The SMILES string of the molecule is Cl.NCCN1CCN(S(=O)(=O)c2ccccc2[N+](=O)[O-])CC1. The van der Waals surface area contributed by atoms with Gasteiger partial charge in [-0.15, -0.1) is 12.4 Å². The minimum absolute atomic E-state index is 0. The van der Waals surface area contributed by atoms with Gasteiger partial charge in [-0.2, -0.15) is 4.31 Å². The Balaban J connectivity index is 0.00000242. The highest BCUT2D eigenvalue weighted by molar-refractivity contribution is 7.89. The van der Waals surface area contributed by atoms with Crippen molar-refractivity contribution in [3.63, 3.8) is 0 Å². The monoisotopic (exact) mass is 350 g/mol. The molecule has 1 aliphatic rings. The van der Waals surface area contributed by atoms with Gasteiger partial charge in [0.05, 0.1) is 4.92 Å². The number of hydrogen-bond acceptors (Lipinski definition) is 6. The Morgan fingerprint density at radius 1 is 1.18 bits per heavy atom. The molecule has 2 N–H and O–H groups in total. The van der Waals surface area contributed by atoms with Crippen molar-refractivity contribution in [2.45, 2.75) is 4.90 Å². The Hall–Kier alpha value is -1.26. The second-order valence-corrected chi connectivity index (χ2v) is 6.67. The molecule has 0 atom stereocenters. The largest absolute Gasteiger partial charge is 0.329 e. The van der Waals surface area contributed by atoms with Crippen molar-refractivity contribution in [3.05, 3.63) is 34.4 Å². The molecule has 0 saturated carbocycles. The van der Waals surface area contributed by atoms with Crippen LogP contribution in [0.15, 0.2) is 29.2 Å². The minimum atomic E-state index is -3.84. The summed E-state index contributed by atoms with van der Waals surface area (Å²) in [5, 5.41) is 11.0. The maximum atomic E-state index is 12.6. The van der Waals surface area contributed by atoms with Crippen LogP contribution < -0.4 is 5.73 Å². The van der Waals surface area contributed by atoms with Crippen LogP contribution in [0.1, 0.15) is 0 Å². The molecule has 1 heterocycles. The van der Waals surface area contributed by atoms with E-state index in [1.54, 1.807) is 0 Å². The van der Waals surface area contributed by atoms with Crippen LogP contribution in [0.3, 0.4) is 0 Å². The lowest BCUT2D eigenvalue weighted by Gasteiger charge is -2.33. The topological polar surface area (TPSA) is 110 Å². The summed E-state index contributed by atoms with van der Waals surface area (Å²) in [4.78, 5) is 12.1. The van der Waals surface area contributed by atoms with Crippen molar-refractivity contribution in [2.24, 2.45) is 5.73 Å². The zero-order chi connectivity index (χ0) is 15.5. The summed E-state index contributed by atoms with van der Waals surface area (Å²) >= 11 is 0. The molecule has 0 aliphatic carbocycles. The van der Waals surface area contributed by atoms with E-state index in [1.807, 2.05) is 0 Å². The third-order valence-corrected chi connectivity index (χ3v) is 5.40. The van der Waals surface area contributed by atoms with Crippen LogP contribution in [0.2, 0.25) is 0 Å². The van der Waals surface area contributed by atoms with Gasteiger partial charge >= 0.3 is 0 Å². The van der Waals surface area contributed by atoms with Crippen LogP contribution in [0.25, 0.3) is 0 Å². The molecule has 22 heavy (non-hydrogen) atoms. The average molecular weight is 351 g/mol. The maximum absolute atomic E-state index is 12.6. The van der Waals surface area contributed by atoms with Gasteiger partial charge in [0.15, 0.2) is 4.90 Å². The van der Waals surface area contributed by atoms with E-state index in [1.165, 1.54) is 28.6 Å². The standard InChI is InChI=1S/C12H18N4O4S.ClH/c13-5-6-14-7-9-15(10-8-14)21(19,20)12-4-2-1-3-11(12)16(17)18;/h1-4H,5-10,13H2;1H. The van der Waals surface area contributed by atoms with Gasteiger partial charge in [-0.05, 0) is 6.07 Å². The zero-order valence-corrected chi connectivity index (χ0v) is 13.6. The van der Waals surface area contributed by atoms with Gasteiger partial charge in [0.2, 0.25) is 10.0 Å². The molecule has 124 valence electrons. The van der Waals surface area contributed by atoms with Crippen LogP contribution in [0.4, 0.5) is 5.69 Å². The zero-order valence-electron chi connectivity index (χ0n) is 11.9. The lowest BCUT2D eigenvalue weighted by molar-refractivity contribution is -0.387. The van der Waals surface area contributed by atoms with Gasteiger partial charge in [0.1, 0.15) is 0 Å². The molecule has 1 aromatic rings. The maximum Gasteiger partial charge on any atom is 0.289 e. The highest BCUT2D eigenvalue weighted by Gasteiger charge is 2.33. The first-order chi connectivity index (χ1) is 9.96. The summed E-state index contributed by atoms with van der Waals surface area (Å²) in [6, 6.07) is 5.43. The molecular formula is C12H19ClN4O4S. The van der Waals surface area contributed by atoms with E-state index in [9.17, 15) is 18.5 Å². The Morgan fingerprint density at radius 3 is 2.32 bits per heavy atom. The van der Waals surface area contributed by atoms with Gasteiger partial charge in [0.25, 0.3) is 5.69 Å². The smallest absolute Gasteiger partial charge is 0.289 e. The number of nitro benzene ring substituents is 1. The van der Waals surface area contributed by atoms with E-state index in [0.717, 1.165) is 6.54 Å². The molecule has 1 saturated heterocycles. The molecule has 2 rings (SSSR count). The van der Waals surface area contributed by atoms with Gasteiger partial charge in [-0.25, -0.2) is 8.42 Å². The molecule has 0 bridgehead atoms. The van der Waals surface area contributed by atoms with Crippen LogP contribution in [0, 0.1) is 10.1 Å². The Labute approximate surface area is 135 Å². The van der Waals surface area contributed by atoms with Gasteiger partial charge in [-0.3, -0.25) is 15.0 Å². The van der Waals surface area contributed by atoms with Crippen molar-refractivity contribution >= 4 is 28.1 Å². The van der Waals surface area contributed by atoms with E-state index in [-0.39, 0.29) is 23.0 Å². The molecule has 0 unspecified atom stereocenters. The van der Waals surface area contributed by atoms with E-state index < -0.39 is 14.9 Å². The summed E-state index contributed by atoms with van der Waals surface area (Å²) in [7, 11) is -3.84. The number of nitrogens with two attached hydrogens (primary N) is 1. The normalized spacial score (nSPS) is 17.0. The highest BCUT2D eigenvalue weighted by Crippen LogP contribution is 2.26. The predicted octanol–water partition coefficient (Wildman–Crippen LogP) is 0.282.